The number of tetrazole rings is 1. The van der Waals surface area contributed by atoms with Gasteiger partial charge < -0.3 is 9.73 Å². The van der Waals surface area contributed by atoms with Gasteiger partial charge in [0.05, 0.1) is 0 Å². The molecular formula is C19H15N5O2. The summed E-state index contributed by atoms with van der Waals surface area (Å²) in [4.78, 5) is 12.2. The van der Waals surface area contributed by atoms with E-state index in [9.17, 15) is 4.79 Å². The summed E-state index contributed by atoms with van der Waals surface area (Å²) < 4.78 is 7.23. The van der Waals surface area contributed by atoms with Gasteiger partial charge in [0, 0.05) is 29.8 Å². The number of nitrogens with zero attached hydrogens (tertiary/aromatic N) is 4. The normalized spacial score (nSPS) is 11.3. The van der Waals surface area contributed by atoms with Crippen molar-refractivity contribution < 1.29 is 9.21 Å². The molecule has 1 N–H and O–H groups in total. The fourth-order valence-corrected chi connectivity index (χ4v) is 2.64. The topological polar surface area (TPSA) is 85.8 Å². The first-order valence-electron chi connectivity index (χ1n) is 7.99. The van der Waals surface area contributed by atoms with E-state index >= 15 is 0 Å². The van der Waals surface area contributed by atoms with Crippen LogP contribution in [0.15, 0.2) is 65.1 Å². The number of benzene rings is 2. The monoisotopic (exact) mass is 345 g/mol. The fraction of sp³-hybridized carbons (Fsp3) is 0.0526. The van der Waals surface area contributed by atoms with E-state index in [0.29, 0.717) is 17.3 Å². The number of aryl methyl sites for hydroxylation is 1. The molecular weight excluding hydrogens is 330 g/mol. The van der Waals surface area contributed by atoms with Crippen LogP contribution >= 0.6 is 0 Å². The third kappa shape index (κ3) is 3.23. The largest absolute Gasteiger partial charge is 0.457 e. The van der Waals surface area contributed by atoms with Crippen molar-refractivity contribution >= 4 is 28.6 Å². The van der Waals surface area contributed by atoms with Crippen LogP contribution in [0.5, 0.6) is 0 Å². The number of furan rings is 1. The van der Waals surface area contributed by atoms with Gasteiger partial charge >= 0.3 is 0 Å². The lowest BCUT2D eigenvalue weighted by Crippen LogP contribution is -2.07. The standard InChI is InChI=1S/C19H15N5O2/c1-24-19(21-22-23-24)14-6-4-7-15(11-14)20-18(25)10-9-16-12-13-5-2-3-8-17(13)26-16/h2-12H,1H3,(H,20,25)/b10-9+. The highest BCUT2D eigenvalue weighted by molar-refractivity contribution is 6.02. The molecule has 26 heavy (non-hydrogen) atoms. The average Bonchev–Trinajstić information content (AvgIpc) is 3.25. The van der Waals surface area contributed by atoms with E-state index in [0.717, 1.165) is 16.5 Å². The van der Waals surface area contributed by atoms with Gasteiger partial charge in [0.15, 0.2) is 5.82 Å². The number of hydrogen-bond donors (Lipinski definition) is 1. The molecule has 4 aromatic rings. The van der Waals surface area contributed by atoms with Crippen molar-refractivity contribution in [1.82, 2.24) is 20.2 Å². The molecule has 0 atom stereocenters. The molecule has 128 valence electrons. The van der Waals surface area contributed by atoms with Gasteiger partial charge in [-0.2, -0.15) is 0 Å². The minimum Gasteiger partial charge on any atom is -0.457 e. The predicted molar refractivity (Wildman–Crippen MR) is 98.1 cm³/mol. The summed E-state index contributed by atoms with van der Waals surface area (Å²) in [6, 6.07) is 16.9. The first-order valence-corrected chi connectivity index (χ1v) is 7.99. The Kier molecular flexibility index (Phi) is 4.03. The molecule has 2 heterocycles. The summed E-state index contributed by atoms with van der Waals surface area (Å²) >= 11 is 0. The fourth-order valence-electron chi connectivity index (χ4n) is 2.64. The minimum absolute atomic E-state index is 0.251. The molecule has 2 aromatic carbocycles. The number of aromatic nitrogens is 4. The van der Waals surface area contributed by atoms with Crippen LogP contribution in [0.25, 0.3) is 28.4 Å². The zero-order chi connectivity index (χ0) is 17.9. The Hall–Kier alpha value is -3.74. The Morgan fingerprint density at radius 1 is 1.15 bits per heavy atom. The van der Waals surface area contributed by atoms with Crippen LogP contribution < -0.4 is 5.32 Å². The maximum atomic E-state index is 12.2. The maximum Gasteiger partial charge on any atom is 0.248 e. The summed E-state index contributed by atoms with van der Waals surface area (Å²) in [5.74, 6) is 0.998. The molecule has 0 radical (unpaired) electrons. The minimum atomic E-state index is -0.251. The number of rotatable bonds is 4. The molecule has 1 amide bonds. The van der Waals surface area contributed by atoms with Gasteiger partial charge in [-0.05, 0) is 40.8 Å². The number of amides is 1. The van der Waals surface area contributed by atoms with Crippen LogP contribution in [0, 0.1) is 0 Å². The van der Waals surface area contributed by atoms with E-state index in [-0.39, 0.29) is 5.91 Å². The van der Waals surface area contributed by atoms with E-state index in [1.807, 2.05) is 48.5 Å². The summed E-state index contributed by atoms with van der Waals surface area (Å²) in [6.45, 7) is 0. The molecule has 2 aromatic heterocycles. The number of hydrogen-bond acceptors (Lipinski definition) is 5. The highest BCUT2D eigenvalue weighted by Crippen LogP contribution is 2.21. The van der Waals surface area contributed by atoms with Crippen LogP contribution in [0.1, 0.15) is 5.76 Å². The van der Waals surface area contributed by atoms with Crippen molar-refractivity contribution in [1.29, 1.82) is 0 Å². The second-order valence-electron chi connectivity index (χ2n) is 5.72. The summed E-state index contributed by atoms with van der Waals surface area (Å²) in [6.07, 6.45) is 3.08. The Morgan fingerprint density at radius 2 is 2.04 bits per heavy atom. The molecule has 0 bridgehead atoms. The van der Waals surface area contributed by atoms with Gasteiger partial charge in [0.1, 0.15) is 11.3 Å². The summed E-state index contributed by atoms with van der Waals surface area (Å²) in [5.41, 5.74) is 2.26. The number of anilines is 1. The van der Waals surface area contributed by atoms with E-state index in [4.69, 9.17) is 4.42 Å². The Bertz CT molecular complexity index is 1080. The van der Waals surface area contributed by atoms with Crippen molar-refractivity contribution in [3.05, 3.63) is 66.4 Å². The zero-order valence-corrected chi connectivity index (χ0v) is 14.0. The van der Waals surface area contributed by atoms with E-state index in [1.165, 1.54) is 6.08 Å². The number of carbonyl (C=O) groups excluding carboxylic acids is 1. The van der Waals surface area contributed by atoms with E-state index < -0.39 is 0 Å². The molecule has 0 unspecified atom stereocenters. The van der Waals surface area contributed by atoms with Crippen molar-refractivity contribution in [2.45, 2.75) is 0 Å². The average molecular weight is 345 g/mol. The summed E-state index contributed by atoms with van der Waals surface area (Å²) in [5, 5.41) is 15.2. The quantitative estimate of drug-likeness (QED) is 0.574. The lowest BCUT2D eigenvalue weighted by atomic mass is 10.2. The van der Waals surface area contributed by atoms with Crippen LogP contribution in [0.3, 0.4) is 0 Å². The molecule has 7 heteroatoms. The molecule has 7 nitrogen and oxygen atoms in total. The van der Waals surface area contributed by atoms with Crippen LogP contribution in [-0.4, -0.2) is 26.1 Å². The third-order valence-electron chi connectivity index (χ3n) is 3.85. The predicted octanol–water partition coefficient (Wildman–Crippen LogP) is 3.28. The number of carbonyl (C=O) groups is 1. The lowest BCUT2D eigenvalue weighted by Gasteiger charge is -2.04. The van der Waals surface area contributed by atoms with Gasteiger partial charge in [-0.3, -0.25) is 4.79 Å². The molecule has 0 aliphatic carbocycles. The molecule has 0 fully saturated rings. The van der Waals surface area contributed by atoms with Gasteiger partial charge in [0.25, 0.3) is 0 Å². The smallest absolute Gasteiger partial charge is 0.248 e. The van der Waals surface area contributed by atoms with Gasteiger partial charge in [0.2, 0.25) is 5.91 Å². The zero-order valence-electron chi connectivity index (χ0n) is 14.0. The SMILES string of the molecule is Cn1nnnc1-c1cccc(NC(=O)/C=C/c2cc3ccccc3o2)c1. The maximum absolute atomic E-state index is 12.2. The van der Waals surface area contributed by atoms with Crippen LogP contribution in [-0.2, 0) is 11.8 Å². The second-order valence-corrected chi connectivity index (χ2v) is 5.72. The van der Waals surface area contributed by atoms with Crippen LogP contribution in [0.4, 0.5) is 5.69 Å². The van der Waals surface area contributed by atoms with Crippen LogP contribution in [0.2, 0.25) is 0 Å². The van der Waals surface area contributed by atoms with E-state index in [1.54, 1.807) is 23.9 Å². The molecule has 0 spiro atoms. The Morgan fingerprint density at radius 3 is 2.85 bits per heavy atom. The Balaban J connectivity index is 1.48. The molecule has 0 saturated carbocycles. The highest BCUT2D eigenvalue weighted by atomic mass is 16.3. The Labute approximate surface area is 148 Å². The number of nitrogens with one attached hydrogen (secondary N) is 1. The van der Waals surface area contributed by atoms with Crippen molar-refractivity contribution in [2.24, 2.45) is 7.05 Å². The molecule has 0 aliphatic rings. The highest BCUT2D eigenvalue weighted by Gasteiger charge is 2.07. The van der Waals surface area contributed by atoms with Crippen molar-refractivity contribution in [3.8, 4) is 11.4 Å². The lowest BCUT2D eigenvalue weighted by molar-refractivity contribution is -0.111. The number of para-hydroxylation sites is 1. The van der Waals surface area contributed by atoms with E-state index in [2.05, 4.69) is 20.8 Å². The van der Waals surface area contributed by atoms with Crippen molar-refractivity contribution in [2.75, 3.05) is 5.32 Å². The number of fused-ring (bicyclic) bond motifs is 1. The molecule has 0 aliphatic heterocycles. The van der Waals surface area contributed by atoms with Gasteiger partial charge in [-0.25, -0.2) is 4.68 Å². The third-order valence-corrected chi connectivity index (χ3v) is 3.85. The second kappa shape index (κ2) is 6.64. The van der Waals surface area contributed by atoms with Gasteiger partial charge in [-0.1, -0.05) is 30.3 Å². The first-order chi connectivity index (χ1) is 12.7. The first kappa shape index (κ1) is 15.8. The summed E-state index contributed by atoms with van der Waals surface area (Å²) in [7, 11) is 1.76. The molecule has 4 rings (SSSR count). The van der Waals surface area contributed by atoms with Gasteiger partial charge in [-0.15, -0.1) is 5.10 Å². The van der Waals surface area contributed by atoms with Crippen molar-refractivity contribution in [3.63, 3.8) is 0 Å². The molecule has 0 saturated heterocycles.